The second kappa shape index (κ2) is 7.54. The fourth-order valence-electron chi connectivity index (χ4n) is 2.04. The minimum Gasteiger partial charge on any atom is -0.493 e. The van der Waals surface area contributed by atoms with E-state index in [9.17, 15) is 4.79 Å². The van der Waals surface area contributed by atoms with Crippen molar-refractivity contribution in [3.8, 4) is 11.5 Å². The van der Waals surface area contributed by atoms with Crippen LogP contribution < -0.4 is 9.47 Å². The van der Waals surface area contributed by atoms with Crippen LogP contribution >= 0.6 is 12.2 Å². The molecule has 126 valence electrons. The van der Waals surface area contributed by atoms with Crippen LogP contribution in [0.4, 0.5) is 0 Å². The molecule has 1 heterocycles. The number of hydrogen-bond acceptors (Lipinski definition) is 6. The van der Waals surface area contributed by atoms with Gasteiger partial charge in [-0.15, -0.1) is 0 Å². The molecule has 0 amide bonds. The van der Waals surface area contributed by atoms with E-state index in [1.165, 1.54) is 18.1 Å². The first-order valence-corrected chi connectivity index (χ1v) is 7.70. The van der Waals surface area contributed by atoms with E-state index >= 15 is 0 Å². The molecule has 0 saturated heterocycles. The van der Waals surface area contributed by atoms with Crippen molar-refractivity contribution in [2.45, 2.75) is 0 Å². The summed E-state index contributed by atoms with van der Waals surface area (Å²) in [6.07, 6.45) is 3.06. The van der Waals surface area contributed by atoms with Gasteiger partial charge in [-0.2, -0.15) is 14.9 Å². The van der Waals surface area contributed by atoms with Crippen LogP contribution in [0.1, 0.15) is 15.9 Å². The lowest BCUT2D eigenvalue weighted by atomic mass is 10.2. The topological polar surface area (TPSA) is 81.5 Å². The molecule has 0 fully saturated rings. The highest BCUT2D eigenvalue weighted by Gasteiger charge is 2.12. The molecular formula is C17H14N4O3S. The summed E-state index contributed by atoms with van der Waals surface area (Å²) < 4.78 is 12.5. The predicted octanol–water partition coefficient (Wildman–Crippen LogP) is 3.05. The van der Waals surface area contributed by atoms with Crippen LogP contribution in [-0.4, -0.2) is 34.2 Å². The Morgan fingerprint density at radius 2 is 2.04 bits per heavy atom. The smallest absolute Gasteiger partial charge is 0.343 e. The summed E-state index contributed by atoms with van der Waals surface area (Å²) in [4.78, 5) is 12.2. The third-order valence-corrected chi connectivity index (χ3v) is 3.54. The number of benzene rings is 2. The number of aromatic amines is 1. The lowest BCUT2D eigenvalue weighted by Crippen LogP contribution is -2.09. The van der Waals surface area contributed by atoms with Crippen LogP contribution in [0.3, 0.4) is 0 Å². The molecule has 8 heteroatoms. The van der Waals surface area contributed by atoms with E-state index in [0.717, 1.165) is 5.56 Å². The van der Waals surface area contributed by atoms with Crippen LogP contribution in [0.25, 0.3) is 0 Å². The van der Waals surface area contributed by atoms with Gasteiger partial charge in [0.15, 0.2) is 11.5 Å². The fourth-order valence-corrected chi connectivity index (χ4v) is 2.18. The van der Waals surface area contributed by atoms with Crippen molar-refractivity contribution >= 4 is 24.4 Å². The lowest BCUT2D eigenvalue weighted by Gasteiger charge is -2.09. The van der Waals surface area contributed by atoms with Gasteiger partial charge in [-0.05, 0) is 48.1 Å². The van der Waals surface area contributed by atoms with Crippen molar-refractivity contribution in [2.24, 2.45) is 5.10 Å². The monoisotopic (exact) mass is 354 g/mol. The zero-order valence-electron chi connectivity index (χ0n) is 13.2. The van der Waals surface area contributed by atoms with Gasteiger partial charge >= 0.3 is 5.97 Å². The van der Waals surface area contributed by atoms with Gasteiger partial charge in [-0.3, -0.25) is 5.10 Å². The second-order valence-electron chi connectivity index (χ2n) is 4.92. The average molecular weight is 354 g/mol. The first kappa shape index (κ1) is 16.6. The van der Waals surface area contributed by atoms with Gasteiger partial charge in [0, 0.05) is 0 Å². The number of methoxy groups -OCH3 is 1. The molecular weight excluding hydrogens is 340 g/mol. The standard InChI is InChI=1S/C17H14N4O3S/c1-23-15-9-12(10-19-21-11-18-20-17(21)25)7-8-14(15)24-16(22)13-5-3-2-4-6-13/h2-11H,1H3,(H,20,25)/b19-10-. The third kappa shape index (κ3) is 3.99. The number of aromatic nitrogens is 3. The number of hydrogen-bond donors (Lipinski definition) is 1. The molecule has 0 aliphatic rings. The number of esters is 1. The summed E-state index contributed by atoms with van der Waals surface area (Å²) in [5, 5.41) is 10.6. The average Bonchev–Trinajstić information content (AvgIpc) is 3.06. The van der Waals surface area contributed by atoms with Gasteiger partial charge in [0.05, 0.1) is 18.9 Å². The molecule has 25 heavy (non-hydrogen) atoms. The van der Waals surface area contributed by atoms with E-state index in [4.69, 9.17) is 21.7 Å². The number of nitrogens with one attached hydrogen (secondary N) is 1. The van der Waals surface area contributed by atoms with Gasteiger partial charge < -0.3 is 9.47 Å². The maximum atomic E-state index is 12.2. The number of H-pyrrole nitrogens is 1. The summed E-state index contributed by atoms with van der Waals surface area (Å²) in [6.45, 7) is 0. The van der Waals surface area contributed by atoms with Gasteiger partial charge in [-0.25, -0.2) is 4.79 Å². The van der Waals surface area contributed by atoms with Crippen molar-refractivity contribution in [1.29, 1.82) is 0 Å². The number of carbonyl (C=O) groups excluding carboxylic acids is 1. The largest absolute Gasteiger partial charge is 0.493 e. The molecule has 1 aromatic heterocycles. The van der Waals surface area contributed by atoms with E-state index in [1.807, 2.05) is 6.07 Å². The Morgan fingerprint density at radius 1 is 1.24 bits per heavy atom. The van der Waals surface area contributed by atoms with E-state index in [1.54, 1.807) is 48.7 Å². The van der Waals surface area contributed by atoms with E-state index in [-0.39, 0.29) is 0 Å². The molecule has 0 aliphatic heterocycles. The molecule has 1 N–H and O–H groups in total. The van der Waals surface area contributed by atoms with Crippen LogP contribution in [0.15, 0.2) is 60.0 Å². The number of ether oxygens (including phenoxy) is 2. The highest BCUT2D eigenvalue weighted by atomic mass is 32.1. The van der Waals surface area contributed by atoms with Crippen LogP contribution in [0, 0.1) is 4.77 Å². The highest BCUT2D eigenvalue weighted by molar-refractivity contribution is 7.71. The Hall–Kier alpha value is -3.26. The highest BCUT2D eigenvalue weighted by Crippen LogP contribution is 2.28. The van der Waals surface area contributed by atoms with Crippen molar-refractivity contribution in [1.82, 2.24) is 14.9 Å². The molecule has 0 saturated carbocycles. The van der Waals surface area contributed by atoms with E-state index in [2.05, 4.69) is 15.3 Å². The predicted molar refractivity (Wildman–Crippen MR) is 94.8 cm³/mol. The van der Waals surface area contributed by atoms with Crippen molar-refractivity contribution in [3.63, 3.8) is 0 Å². The second-order valence-corrected chi connectivity index (χ2v) is 5.30. The Labute approximate surface area is 148 Å². The molecule has 3 aromatic rings. The van der Waals surface area contributed by atoms with Crippen LogP contribution in [-0.2, 0) is 0 Å². The first-order valence-electron chi connectivity index (χ1n) is 7.29. The molecule has 3 rings (SSSR count). The summed E-state index contributed by atoms with van der Waals surface area (Å²) in [7, 11) is 1.50. The molecule has 0 atom stereocenters. The number of nitrogens with zero attached hydrogens (tertiary/aromatic N) is 3. The van der Waals surface area contributed by atoms with E-state index in [0.29, 0.717) is 21.8 Å². The summed E-state index contributed by atoms with van der Waals surface area (Å²) in [5.41, 5.74) is 1.21. The zero-order chi connectivity index (χ0) is 17.6. The number of rotatable bonds is 5. The SMILES string of the molecule is COc1cc(/C=N\n2cn[nH]c2=S)ccc1OC(=O)c1ccccc1. The summed E-state index contributed by atoms with van der Waals surface area (Å²) in [6, 6.07) is 13.9. The third-order valence-electron chi connectivity index (χ3n) is 3.27. The first-order chi connectivity index (χ1) is 12.2. The Bertz CT molecular complexity index is 963. The minimum absolute atomic E-state index is 0.327. The zero-order valence-corrected chi connectivity index (χ0v) is 14.1. The molecule has 0 bridgehead atoms. The Morgan fingerprint density at radius 3 is 2.72 bits per heavy atom. The number of carbonyl (C=O) groups is 1. The maximum absolute atomic E-state index is 12.2. The van der Waals surface area contributed by atoms with Gasteiger partial charge in [0.25, 0.3) is 0 Å². The minimum atomic E-state index is -0.454. The Kier molecular flexibility index (Phi) is 5.00. The van der Waals surface area contributed by atoms with Gasteiger partial charge in [0.1, 0.15) is 6.33 Å². The molecule has 2 aromatic carbocycles. The normalized spacial score (nSPS) is 10.8. The lowest BCUT2D eigenvalue weighted by molar-refractivity contribution is 0.0729. The van der Waals surface area contributed by atoms with Crippen LogP contribution in [0.2, 0.25) is 0 Å². The van der Waals surface area contributed by atoms with Crippen molar-refractivity contribution in [3.05, 3.63) is 70.8 Å². The molecule has 7 nitrogen and oxygen atoms in total. The molecule has 0 radical (unpaired) electrons. The van der Waals surface area contributed by atoms with Crippen molar-refractivity contribution in [2.75, 3.05) is 7.11 Å². The fraction of sp³-hybridized carbons (Fsp3) is 0.0588. The quantitative estimate of drug-likeness (QED) is 0.330. The van der Waals surface area contributed by atoms with Gasteiger partial charge in [0.2, 0.25) is 4.77 Å². The molecule has 0 unspecified atom stereocenters. The van der Waals surface area contributed by atoms with Crippen LogP contribution in [0.5, 0.6) is 11.5 Å². The maximum Gasteiger partial charge on any atom is 0.343 e. The van der Waals surface area contributed by atoms with Gasteiger partial charge in [-0.1, -0.05) is 18.2 Å². The Balaban J connectivity index is 1.80. The summed E-state index contributed by atoms with van der Waals surface area (Å²) >= 11 is 5.01. The van der Waals surface area contributed by atoms with E-state index < -0.39 is 5.97 Å². The summed E-state index contributed by atoms with van der Waals surface area (Å²) in [5.74, 6) is 0.294. The molecule has 0 aliphatic carbocycles. The molecule has 0 spiro atoms. The van der Waals surface area contributed by atoms with Crippen molar-refractivity contribution < 1.29 is 14.3 Å².